The zero-order valence-corrected chi connectivity index (χ0v) is 7.06. The predicted molar refractivity (Wildman–Crippen MR) is 45.9 cm³/mol. The highest BCUT2D eigenvalue weighted by molar-refractivity contribution is 5.97. The second kappa shape index (κ2) is 3.77. The zero-order valence-electron chi connectivity index (χ0n) is 7.06. The number of hydrogen-bond donors (Lipinski definition) is 0. The van der Waals surface area contributed by atoms with Gasteiger partial charge in [-0.1, -0.05) is 6.08 Å². The molecule has 0 unspecified atom stereocenters. The molecule has 0 spiro atoms. The minimum Gasteiger partial charge on any atom is -0.285 e. The Hall–Kier alpha value is -1.06. The van der Waals surface area contributed by atoms with Crippen molar-refractivity contribution >= 4 is 5.71 Å². The van der Waals surface area contributed by atoms with Crippen molar-refractivity contribution in [2.24, 2.45) is 4.99 Å². The molecular weight excluding hydrogens is 179 g/mol. The minimum absolute atomic E-state index is 0.226. The average Bonchev–Trinajstić information content (AvgIpc) is 2.47. The quantitative estimate of drug-likeness (QED) is 0.605. The van der Waals surface area contributed by atoms with Crippen molar-refractivity contribution in [2.45, 2.75) is 19.0 Å². The molecule has 1 rings (SSSR count). The summed E-state index contributed by atoms with van der Waals surface area (Å²) in [6.07, 6.45) is -0.214. The number of halogens is 3. The maximum absolute atomic E-state index is 12.1. The highest BCUT2D eigenvalue weighted by Gasteiger charge is 2.35. The molecule has 0 aromatic heterocycles. The summed E-state index contributed by atoms with van der Waals surface area (Å²) in [5, 5.41) is 0. The van der Waals surface area contributed by atoms with E-state index >= 15 is 0 Å². The fraction of sp³-hybridized carbons (Fsp3) is 0.444. The van der Waals surface area contributed by atoms with Crippen LogP contribution in [0.25, 0.3) is 0 Å². The van der Waals surface area contributed by atoms with Gasteiger partial charge in [-0.2, -0.15) is 13.2 Å². The molecule has 0 atom stereocenters. The molecule has 0 fully saturated rings. The Bertz CT molecular complexity index is 261. The summed E-state index contributed by atoms with van der Waals surface area (Å²) in [5.41, 5.74) is -0.0289. The van der Waals surface area contributed by atoms with E-state index in [-0.39, 0.29) is 6.54 Å². The first-order valence-corrected chi connectivity index (χ1v) is 3.96. The highest BCUT2D eigenvalue weighted by Crippen LogP contribution is 2.28. The van der Waals surface area contributed by atoms with Crippen LogP contribution < -0.4 is 0 Å². The van der Waals surface area contributed by atoms with E-state index in [0.29, 0.717) is 18.6 Å². The van der Waals surface area contributed by atoms with Crippen molar-refractivity contribution < 1.29 is 13.2 Å². The summed E-state index contributed by atoms with van der Waals surface area (Å²) in [7, 11) is 0. The van der Waals surface area contributed by atoms with Crippen LogP contribution in [0.3, 0.4) is 0 Å². The van der Waals surface area contributed by atoms with Crippen molar-refractivity contribution in [2.75, 3.05) is 6.54 Å². The topological polar surface area (TPSA) is 12.4 Å². The van der Waals surface area contributed by atoms with E-state index in [4.69, 9.17) is 0 Å². The van der Waals surface area contributed by atoms with Gasteiger partial charge in [-0.25, -0.2) is 0 Å². The van der Waals surface area contributed by atoms with Crippen molar-refractivity contribution in [3.05, 3.63) is 24.3 Å². The molecule has 0 aromatic carbocycles. The Balaban J connectivity index is 2.55. The lowest BCUT2D eigenvalue weighted by atomic mass is 10.1. The molecule has 0 radical (unpaired) electrons. The van der Waals surface area contributed by atoms with E-state index < -0.39 is 11.7 Å². The Morgan fingerprint density at radius 3 is 2.69 bits per heavy atom. The van der Waals surface area contributed by atoms with E-state index in [9.17, 15) is 13.2 Å². The first-order chi connectivity index (χ1) is 6.04. The van der Waals surface area contributed by atoms with Gasteiger partial charge in [0.2, 0.25) is 0 Å². The third kappa shape index (κ3) is 2.72. The van der Waals surface area contributed by atoms with Crippen LogP contribution in [0.15, 0.2) is 29.3 Å². The third-order valence-electron chi connectivity index (χ3n) is 1.76. The molecule has 0 bridgehead atoms. The Kier molecular flexibility index (Phi) is 2.90. The van der Waals surface area contributed by atoms with Crippen LogP contribution in [-0.4, -0.2) is 18.4 Å². The van der Waals surface area contributed by atoms with Crippen LogP contribution in [0.5, 0.6) is 0 Å². The van der Waals surface area contributed by atoms with Gasteiger partial charge in [-0.3, -0.25) is 4.99 Å². The molecule has 0 aromatic rings. The van der Waals surface area contributed by atoms with Gasteiger partial charge in [0.1, 0.15) is 0 Å². The van der Waals surface area contributed by atoms with Crippen LogP contribution in [0.1, 0.15) is 12.8 Å². The van der Waals surface area contributed by atoms with Crippen LogP contribution in [-0.2, 0) is 0 Å². The van der Waals surface area contributed by atoms with Gasteiger partial charge in [0, 0.05) is 5.71 Å². The van der Waals surface area contributed by atoms with Gasteiger partial charge in [0.15, 0.2) is 0 Å². The van der Waals surface area contributed by atoms with E-state index in [1.165, 1.54) is 0 Å². The maximum Gasteiger partial charge on any atom is 0.414 e. The van der Waals surface area contributed by atoms with E-state index in [1.54, 1.807) is 6.08 Å². The highest BCUT2D eigenvalue weighted by atomic mass is 19.4. The number of rotatable bonds is 3. The van der Waals surface area contributed by atoms with E-state index in [1.807, 2.05) is 0 Å². The largest absolute Gasteiger partial charge is 0.414 e. The van der Waals surface area contributed by atoms with E-state index in [0.717, 1.165) is 6.08 Å². The Morgan fingerprint density at radius 1 is 1.54 bits per heavy atom. The van der Waals surface area contributed by atoms with Crippen LogP contribution >= 0.6 is 0 Å². The summed E-state index contributed by atoms with van der Waals surface area (Å²) in [4.78, 5) is 3.78. The lowest BCUT2D eigenvalue weighted by Crippen LogP contribution is -2.12. The molecule has 0 aliphatic carbocycles. The number of allylic oxidation sites excluding steroid dienone is 2. The standard InChI is InChI=1S/C9H10F3N/c1-2-3-4-8-5-7(6-13-8)9(10,11)12/h2,5H,1,3-4,6H2. The molecule has 0 amide bonds. The third-order valence-corrected chi connectivity index (χ3v) is 1.76. The zero-order chi connectivity index (χ0) is 9.90. The van der Waals surface area contributed by atoms with Gasteiger partial charge in [-0.15, -0.1) is 6.58 Å². The van der Waals surface area contributed by atoms with Crippen molar-refractivity contribution in [1.29, 1.82) is 0 Å². The van der Waals surface area contributed by atoms with Gasteiger partial charge in [0.25, 0.3) is 0 Å². The summed E-state index contributed by atoms with van der Waals surface area (Å²) in [6, 6.07) is 0. The van der Waals surface area contributed by atoms with Crippen molar-refractivity contribution in [1.82, 2.24) is 0 Å². The molecule has 0 saturated carbocycles. The van der Waals surface area contributed by atoms with Crippen LogP contribution in [0.4, 0.5) is 13.2 Å². The normalized spacial score (nSPS) is 16.8. The predicted octanol–water partition coefficient (Wildman–Crippen LogP) is 2.90. The molecule has 1 aliphatic rings. The van der Waals surface area contributed by atoms with Gasteiger partial charge < -0.3 is 0 Å². The first-order valence-electron chi connectivity index (χ1n) is 3.96. The molecule has 1 aliphatic heterocycles. The van der Waals surface area contributed by atoms with Gasteiger partial charge >= 0.3 is 6.18 Å². The number of alkyl halides is 3. The van der Waals surface area contributed by atoms with Crippen molar-refractivity contribution in [3.63, 3.8) is 0 Å². The monoisotopic (exact) mass is 189 g/mol. The second-order valence-electron chi connectivity index (χ2n) is 2.80. The lowest BCUT2D eigenvalue weighted by molar-refractivity contribution is -0.0916. The second-order valence-corrected chi connectivity index (χ2v) is 2.80. The molecule has 4 heteroatoms. The lowest BCUT2D eigenvalue weighted by Gasteiger charge is -2.04. The molecule has 13 heavy (non-hydrogen) atoms. The van der Waals surface area contributed by atoms with Gasteiger partial charge in [-0.05, 0) is 18.9 Å². The summed E-state index contributed by atoms with van der Waals surface area (Å²) >= 11 is 0. The first kappa shape index (κ1) is 10.0. The molecular formula is C9H10F3N. The number of nitrogens with zero attached hydrogens (tertiary/aromatic N) is 1. The Morgan fingerprint density at radius 2 is 2.23 bits per heavy atom. The minimum atomic E-state index is -4.22. The molecule has 1 heterocycles. The van der Waals surface area contributed by atoms with Gasteiger partial charge in [0.05, 0.1) is 12.1 Å². The number of aliphatic imine (C=N–C) groups is 1. The Labute approximate surface area is 74.7 Å². The van der Waals surface area contributed by atoms with Crippen LogP contribution in [0, 0.1) is 0 Å². The fourth-order valence-corrected chi connectivity index (χ4v) is 1.05. The summed E-state index contributed by atoms with van der Waals surface area (Å²) in [6.45, 7) is 3.27. The molecule has 72 valence electrons. The summed E-state index contributed by atoms with van der Waals surface area (Å²) < 4.78 is 36.3. The summed E-state index contributed by atoms with van der Waals surface area (Å²) in [5.74, 6) is 0. The smallest absolute Gasteiger partial charge is 0.285 e. The SMILES string of the molecule is C=CCCC1=NCC(C(F)(F)F)=C1. The molecule has 0 saturated heterocycles. The van der Waals surface area contributed by atoms with E-state index in [2.05, 4.69) is 11.6 Å². The number of hydrogen-bond acceptors (Lipinski definition) is 1. The fourth-order valence-electron chi connectivity index (χ4n) is 1.05. The van der Waals surface area contributed by atoms with Crippen molar-refractivity contribution in [3.8, 4) is 0 Å². The maximum atomic E-state index is 12.1. The molecule has 0 N–H and O–H groups in total. The average molecular weight is 189 g/mol. The van der Waals surface area contributed by atoms with Crippen LogP contribution in [0.2, 0.25) is 0 Å². The molecule has 1 nitrogen and oxygen atoms in total.